The van der Waals surface area contributed by atoms with Crippen LogP contribution in [-0.4, -0.2) is 19.8 Å². The minimum absolute atomic E-state index is 0.293. The Morgan fingerprint density at radius 3 is 2.53 bits per heavy atom. The molecule has 5 heteroatoms. The van der Waals surface area contributed by atoms with Crippen LogP contribution < -0.4 is 5.32 Å². The van der Waals surface area contributed by atoms with E-state index in [0.29, 0.717) is 17.9 Å². The van der Waals surface area contributed by atoms with Crippen molar-refractivity contribution in [2.75, 3.05) is 19.0 Å². The zero-order chi connectivity index (χ0) is 11.3. The summed E-state index contributed by atoms with van der Waals surface area (Å²) >= 11 is 0. The van der Waals surface area contributed by atoms with E-state index in [1.165, 1.54) is 7.11 Å². The summed E-state index contributed by atoms with van der Waals surface area (Å²) in [6.07, 6.45) is -4.21. The van der Waals surface area contributed by atoms with Gasteiger partial charge in [0.15, 0.2) is 0 Å². The second kappa shape index (κ2) is 5.02. The van der Waals surface area contributed by atoms with Crippen LogP contribution >= 0.6 is 0 Å². The van der Waals surface area contributed by atoms with Gasteiger partial charge in [-0.2, -0.15) is 13.2 Å². The molecule has 1 aromatic carbocycles. The molecular formula is C10H12F3NO. The first kappa shape index (κ1) is 11.8. The molecule has 0 saturated heterocycles. The maximum atomic E-state index is 12.0. The zero-order valence-corrected chi connectivity index (χ0v) is 8.27. The molecule has 0 aliphatic carbocycles. The van der Waals surface area contributed by atoms with Crippen molar-refractivity contribution in [2.24, 2.45) is 0 Å². The number of nitrogens with one attached hydrogen (secondary N) is 1. The van der Waals surface area contributed by atoms with Crippen LogP contribution in [0.3, 0.4) is 0 Å². The summed E-state index contributed by atoms with van der Waals surface area (Å²) in [5, 5.41) is 2.33. The molecular weight excluding hydrogens is 207 g/mol. The smallest absolute Gasteiger partial charge is 0.380 e. The Hall–Kier alpha value is -1.23. The van der Waals surface area contributed by atoms with Crippen molar-refractivity contribution >= 4 is 5.69 Å². The molecule has 1 rings (SSSR count). The predicted molar refractivity (Wildman–Crippen MR) is 51.7 cm³/mol. The number of rotatable bonds is 4. The fraction of sp³-hybridized carbons (Fsp3) is 0.400. The van der Waals surface area contributed by atoms with E-state index in [-0.39, 0.29) is 0 Å². The second-order valence-corrected chi connectivity index (χ2v) is 3.06. The van der Waals surface area contributed by atoms with Crippen LogP contribution in [0.5, 0.6) is 0 Å². The van der Waals surface area contributed by atoms with Gasteiger partial charge < -0.3 is 10.1 Å². The van der Waals surface area contributed by atoms with Gasteiger partial charge in [-0.05, 0) is 6.07 Å². The molecule has 0 heterocycles. The highest BCUT2D eigenvalue weighted by molar-refractivity contribution is 5.50. The number of para-hydroxylation sites is 1. The van der Waals surface area contributed by atoms with Crippen LogP contribution in [-0.2, 0) is 11.3 Å². The molecule has 84 valence electrons. The fourth-order valence-corrected chi connectivity index (χ4v) is 1.17. The van der Waals surface area contributed by atoms with E-state index in [1.807, 2.05) is 0 Å². The van der Waals surface area contributed by atoms with Crippen LogP contribution in [0, 0.1) is 0 Å². The minimum Gasteiger partial charge on any atom is -0.380 e. The molecule has 0 aliphatic heterocycles. The van der Waals surface area contributed by atoms with Crippen molar-refractivity contribution in [1.82, 2.24) is 0 Å². The molecule has 0 atom stereocenters. The molecule has 0 fully saturated rings. The molecule has 0 unspecified atom stereocenters. The third-order valence-corrected chi connectivity index (χ3v) is 1.80. The summed E-state index contributed by atoms with van der Waals surface area (Å²) < 4.78 is 40.8. The standard InChI is InChI=1S/C10H12F3NO/c1-15-6-8-4-2-3-5-9(8)14-7-10(11,12)13/h2-5,14H,6-7H2,1H3. The Morgan fingerprint density at radius 1 is 1.27 bits per heavy atom. The average molecular weight is 219 g/mol. The number of hydrogen-bond acceptors (Lipinski definition) is 2. The monoisotopic (exact) mass is 219 g/mol. The Labute approximate surface area is 86.1 Å². The molecule has 1 aromatic rings. The molecule has 0 aliphatic rings. The zero-order valence-electron chi connectivity index (χ0n) is 8.27. The van der Waals surface area contributed by atoms with Gasteiger partial charge in [0, 0.05) is 18.4 Å². The number of methoxy groups -OCH3 is 1. The Balaban J connectivity index is 2.67. The minimum atomic E-state index is -4.21. The molecule has 1 N–H and O–H groups in total. The first-order chi connectivity index (χ1) is 7.03. The van der Waals surface area contributed by atoms with Crippen molar-refractivity contribution in [3.63, 3.8) is 0 Å². The highest BCUT2D eigenvalue weighted by Gasteiger charge is 2.26. The molecule has 2 nitrogen and oxygen atoms in total. The number of anilines is 1. The van der Waals surface area contributed by atoms with E-state index < -0.39 is 12.7 Å². The summed E-state index contributed by atoms with van der Waals surface area (Å²) in [4.78, 5) is 0. The van der Waals surface area contributed by atoms with Crippen molar-refractivity contribution in [3.8, 4) is 0 Å². The van der Waals surface area contributed by atoms with Crippen LogP contribution in [0.15, 0.2) is 24.3 Å². The van der Waals surface area contributed by atoms with Gasteiger partial charge in [-0.15, -0.1) is 0 Å². The molecule has 0 radical (unpaired) electrons. The molecule has 0 spiro atoms. The summed E-state index contributed by atoms with van der Waals surface area (Å²) in [7, 11) is 1.50. The van der Waals surface area contributed by atoms with Crippen LogP contribution in [0.2, 0.25) is 0 Å². The lowest BCUT2D eigenvalue weighted by atomic mass is 10.2. The van der Waals surface area contributed by atoms with Gasteiger partial charge in [0.1, 0.15) is 6.54 Å². The third kappa shape index (κ3) is 4.20. The van der Waals surface area contributed by atoms with Gasteiger partial charge >= 0.3 is 6.18 Å². The number of hydrogen-bond donors (Lipinski definition) is 1. The van der Waals surface area contributed by atoms with Gasteiger partial charge in [0.25, 0.3) is 0 Å². The molecule has 15 heavy (non-hydrogen) atoms. The number of ether oxygens (including phenoxy) is 1. The van der Waals surface area contributed by atoms with E-state index in [9.17, 15) is 13.2 Å². The van der Waals surface area contributed by atoms with Gasteiger partial charge in [0.05, 0.1) is 6.61 Å². The molecule has 0 amide bonds. The lowest BCUT2D eigenvalue weighted by Gasteiger charge is -2.12. The first-order valence-corrected chi connectivity index (χ1v) is 4.40. The Bertz CT molecular complexity index is 312. The molecule has 0 bridgehead atoms. The van der Waals surface area contributed by atoms with Crippen molar-refractivity contribution < 1.29 is 17.9 Å². The van der Waals surface area contributed by atoms with Crippen molar-refractivity contribution in [1.29, 1.82) is 0 Å². The summed E-state index contributed by atoms with van der Waals surface area (Å²) in [5.41, 5.74) is 1.17. The Kier molecular flexibility index (Phi) is 3.96. The van der Waals surface area contributed by atoms with E-state index in [1.54, 1.807) is 24.3 Å². The fourth-order valence-electron chi connectivity index (χ4n) is 1.17. The maximum Gasteiger partial charge on any atom is 0.405 e. The van der Waals surface area contributed by atoms with Crippen LogP contribution in [0.4, 0.5) is 18.9 Å². The van der Waals surface area contributed by atoms with Gasteiger partial charge in [-0.25, -0.2) is 0 Å². The maximum absolute atomic E-state index is 12.0. The second-order valence-electron chi connectivity index (χ2n) is 3.06. The topological polar surface area (TPSA) is 21.3 Å². The van der Waals surface area contributed by atoms with Crippen molar-refractivity contribution in [2.45, 2.75) is 12.8 Å². The van der Waals surface area contributed by atoms with Gasteiger partial charge in [0.2, 0.25) is 0 Å². The number of alkyl halides is 3. The largest absolute Gasteiger partial charge is 0.405 e. The Morgan fingerprint density at radius 2 is 1.93 bits per heavy atom. The van der Waals surface area contributed by atoms with Crippen molar-refractivity contribution in [3.05, 3.63) is 29.8 Å². The third-order valence-electron chi connectivity index (χ3n) is 1.80. The van der Waals surface area contributed by atoms with Crippen LogP contribution in [0.1, 0.15) is 5.56 Å². The highest BCUT2D eigenvalue weighted by atomic mass is 19.4. The van der Waals surface area contributed by atoms with E-state index in [4.69, 9.17) is 4.74 Å². The van der Waals surface area contributed by atoms with Gasteiger partial charge in [-0.3, -0.25) is 0 Å². The lowest BCUT2D eigenvalue weighted by Crippen LogP contribution is -2.21. The molecule has 0 saturated carbocycles. The summed E-state index contributed by atoms with van der Waals surface area (Å²) in [6.45, 7) is -0.741. The predicted octanol–water partition coefficient (Wildman–Crippen LogP) is 2.81. The normalized spacial score (nSPS) is 11.5. The lowest BCUT2D eigenvalue weighted by molar-refractivity contribution is -0.115. The van der Waals surface area contributed by atoms with E-state index in [0.717, 1.165) is 0 Å². The van der Waals surface area contributed by atoms with Gasteiger partial charge in [-0.1, -0.05) is 18.2 Å². The number of benzene rings is 1. The first-order valence-electron chi connectivity index (χ1n) is 4.40. The van der Waals surface area contributed by atoms with Crippen LogP contribution in [0.25, 0.3) is 0 Å². The van der Waals surface area contributed by atoms with E-state index >= 15 is 0 Å². The van der Waals surface area contributed by atoms with E-state index in [2.05, 4.69) is 5.32 Å². The quantitative estimate of drug-likeness (QED) is 0.840. The summed E-state index contributed by atoms with van der Waals surface area (Å²) in [6, 6.07) is 6.76. The molecule has 0 aromatic heterocycles. The number of halogens is 3. The summed E-state index contributed by atoms with van der Waals surface area (Å²) in [5.74, 6) is 0. The average Bonchev–Trinajstić information content (AvgIpc) is 2.16. The highest BCUT2D eigenvalue weighted by Crippen LogP contribution is 2.19. The SMILES string of the molecule is COCc1ccccc1NCC(F)(F)F.